The number of nitrogens with one attached hydrogen (secondary N) is 1. The van der Waals surface area contributed by atoms with Crippen LogP contribution in [0.3, 0.4) is 0 Å². The molecule has 1 aliphatic heterocycles. The predicted octanol–water partition coefficient (Wildman–Crippen LogP) is 3.70. The van der Waals surface area contributed by atoms with Crippen LogP contribution < -0.4 is 5.32 Å². The van der Waals surface area contributed by atoms with Gasteiger partial charge in [-0.1, -0.05) is 43.3 Å². The van der Waals surface area contributed by atoms with E-state index in [9.17, 15) is 19.2 Å². The molecule has 0 fully saturated rings. The van der Waals surface area contributed by atoms with E-state index < -0.39 is 6.04 Å². The van der Waals surface area contributed by atoms with Gasteiger partial charge in [0.15, 0.2) is 0 Å². The smallest absolute Gasteiger partial charge is 0.261 e. The van der Waals surface area contributed by atoms with Gasteiger partial charge in [0.25, 0.3) is 11.8 Å². The average molecular weight is 464 g/mol. The highest BCUT2D eigenvalue weighted by atomic mass is 16.2. The zero-order chi connectivity index (χ0) is 24.8. The molecule has 0 bridgehead atoms. The quantitative estimate of drug-likeness (QED) is 0.545. The summed E-state index contributed by atoms with van der Waals surface area (Å²) in [6, 6.07) is 13.9. The molecule has 3 rings (SSSR count). The Hall–Kier alpha value is -3.48. The van der Waals surface area contributed by atoms with E-state index in [1.165, 1.54) is 4.90 Å². The summed E-state index contributed by atoms with van der Waals surface area (Å²) in [7, 11) is 0. The molecule has 0 aliphatic carbocycles. The monoisotopic (exact) mass is 463 g/mol. The number of fused-ring (bicyclic) bond motifs is 1. The summed E-state index contributed by atoms with van der Waals surface area (Å²) >= 11 is 0. The third kappa shape index (κ3) is 5.53. The molecule has 4 amide bonds. The second kappa shape index (κ2) is 11.1. The first-order chi connectivity index (χ1) is 16.2. The van der Waals surface area contributed by atoms with E-state index in [2.05, 4.69) is 5.32 Å². The Morgan fingerprint density at radius 1 is 0.971 bits per heavy atom. The van der Waals surface area contributed by atoms with Gasteiger partial charge in [-0.25, -0.2) is 0 Å². The first kappa shape index (κ1) is 25.1. The summed E-state index contributed by atoms with van der Waals surface area (Å²) in [4.78, 5) is 54.3. The first-order valence-corrected chi connectivity index (χ1v) is 11.8. The van der Waals surface area contributed by atoms with Crippen LogP contribution >= 0.6 is 0 Å². The van der Waals surface area contributed by atoms with Crippen molar-refractivity contribution in [1.82, 2.24) is 15.1 Å². The third-order valence-electron chi connectivity index (χ3n) is 6.07. The summed E-state index contributed by atoms with van der Waals surface area (Å²) in [5.41, 5.74) is 2.82. The number of hydrogen-bond donors (Lipinski definition) is 1. The van der Waals surface area contributed by atoms with Crippen molar-refractivity contribution in [3.63, 3.8) is 0 Å². The maximum atomic E-state index is 13.4. The Kier molecular flexibility index (Phi) is 8.21. The van der Waals surface area contributed by atoms with Crippen molar-refractivity contribution in [2.45, 2.75) is 65.6 Å². The Morgan fingerprint density at radius 2 is 1.56 bits per heavy atom. The molecule has 0 saturated carbocycles. The largest absolute Gasteiger partial charge is 0.352 e. The molecule has 0 aromatic heterocycles. The molecule has 1 heterocycles. The van der Waals surface area contributed by atoms with Crippen molar-refractivity contribution < 1.29 is 19.2 Å². The van der Waals surface area contributed by atoms with E-state index in [0.717, 1.165) is 11.1 Å². The van der Waals surface area contributed by atoms with Gasteiger partial charge in [-0.05, 0) is 56.9 Å². The summed E-state index contributed by atoms with van der Waals surface area (Å²) in [5.74, 6) is -1.01. The van der Waals surface area contributed by atoms with Crippen molar-refractivity contribution in [3.05, 3.63) is 70.8 Å². The fourth-order valence-electron chi connectivity index (χ4n) is 4.25. The topological polar surface area (TPSA) is 86.8 Å². The Bertz CT molecular complexity index is 1040. The number of carbonyl (C=O) groups excluding carboxylic acids is 4. The molecule has 2 aromatic carbocycles. The molecular formula is C27H33N3O4. The van der Waals surface area contributed by atoms with Crippen LogP contribution in [0.4, 0.5) is 0 Å². The van der Waals surface area contributed by atoms with E-state index in [-0.39, 0.29) is 42.6 Å². The second-order valence-corrected chi connectivity index (χ2v) is 8.95. The molecule has 7 heteroatoms. The zero-order valence-corrected chi connectivity index (χ0v) is 20.3. The number of hydrogen-bond acceptors (Lipinski definition) is 4. The zero-order valence-electron chi connectivity index (χ0n) is 20.3. The number of aryl methyl sites for hydroxylation is 1. The average Bonchev–Trinajstić information content (AvgIpc) is 3.04. The van der Waals surface area contributed by atoms with Crippen LogP contribution in [-0.2, 0) is 16.1 Å². The minimum atomic E-state index is -0.603. The molecule has 1 N–H and O–H groups in total. The lowest BCUT2D eigenvalue weighted by Gasteiger charge is -2.32. The maximum absolute atomic E-state index is 13.4. The molecule has 1 atom stereocenters. The molecule has 0 unspecified atom stereocenters. The van der Waals surface area contributed by atoms with E-state index >= 15 is 0 Å². The molecular weight excluding hydrogens is 430 g/mol. The molecule has 7 nitrogen and oxygen atoms in total. The summed E-state index contributed by atoms with van der Waals surface area (Å²) in [6.07, 6.45) is 0.941. The normalized spacial score (nSPS) is 13.7. The van der Waals surface area contributed by atoms with Gasteiger partial charge in [0.05, 0.1) is 11.1 Å². The van der Waals surface area contributed by atoms with Crippen LogP contribution in [-0.4, -0.2) is 52.1 Å². The van der Waals surface area contributed by atoms with E-state index in [4.69, 9.17) is 0 Å². The minimum absolute atomic E-state index is 0.0363. The van der Waals surface area contributed by atoms with E-state index in [0.29, 0.717) is 30.5 Å². The second-order valence-electron chi connectivity index (χ2n) is 8.95. The number of rotatable bonds is 10. The van der Waals surface area contributed by atoms with Crippen LogP contribution in [0.1, 0.15) is 71.9 Å². The van der Waals surface area contributed by atoms with Gasteiger partial charge in [-0.15, -0.1) is 0 Å². The number of benzene rings is 2. The van der Waals surface area contributed by atoms with Crippen molar-refractivity contribution in [1.29, 1.82) is 0 Å². The molecule has 180 valence electrons. The van der Waals surface area contributed by atoms with Gasteiger partial charge in [-0.2, -0.15) is 0 Å². The number of carbonyl (C=O) groups is 4. The predicted molar refractivity (Wildman–Crippen MR) is 130 cm³/mol. The SMILES string of the molecule is CC[C@H](C(=O)NC(C)C)N(Cc1ccccc1C)C(=O)CCCN1C(=O)c2ccccc2C1=O. The highest BCUT2D eigenvalue weighted by Crippen LogP contribution is 2.23. The van der Waals surface area contributed by atoms with Crippen molar-refractivity contribution in [3.8, 4) is 0 Å². The minimum Gasteiger partial charge on any atom is -0.352 e. The fraction of sp³-hybridized carbons (Fsp3) is 0.407. The standard InChI is InChI=1S/C27H33N3O4/c1-5-23(25(32)28-18(2)3)30(17-20-12-7-6-11-19(20)4)24(31)15-10-16-29-26(33)21-13-8-9-14-22(21)27(29)34/h6-9,11-14,18,23H,5,10,15-17H2,1-4H3,(H,28,32)/t23-/m1/s1. The highest BCUT2D eigenvalue weighted by Gasteiger charge is 2.35. The van der Waals surface area contributed by atoms with Crippen LogP contribution in [0.15, 0.2) is 48.5 Å². The van der Waals surface area contributed by atoms with Gasteiger partial charge in [0.2, 0.25) is 11.8 Å². The lowest BCUT2D eigenvalue weighted by molar-refractivity contribution is -0.141. The molecule has 0 saturated heterocycles. The van der Waals surface area contributed by atoms with Crippen LogP contribution in [0.2, 0.25) is 0 Å². The Morgan fingerprint density at radius 3 is 2.12 bits per heavy atom. The van der Waals surface area contributed by atoms with E-state index in [1.807, 2.05) is 52.0 Å². The Labute approximate surface area is 201 Å². The molecule has 34 heavy (non-hydrogen) atoms. The maximum Gasteiger partial charge on any atom is 0.261 e. The molecule has 0 radical (unpaired) electrons. The van der Waals surface area contributed by atoms with E-state index in [1.54, 1.807) is 29.2 Å². The summed E-state index contributed by atoms with van der Waals surface area (Å²) < 4.78 is 0. The molecule has 0 spiro atoms. The molecule has 2 aromatic rings. The number of nitrogens with zero attached hydrogens (tertiary/aromatic N) is 2. The number of amides is 4. The van der Waals surface area contributed by atoms with Crippen molar-refractivity contribution >= 4 is 23.6 Å². The van der Waals surface area contributed by atoms with Crippen molar-refractivity contribution in [2.24, 2.45) is 0 Å². The highest BCUT2D eigenvalue weighted by molar-refractivity contribution is 6.21. The molecule has 1 aliphatic rings. The van der Waals surface area contributed by atoms with Crippen LogP contribution in [0.25, 0.3) is 0 Å². The summed E-state index contributed by atoms with van der Waals surface area (Å²) in [5, 5.41) is 2.92. The van der Waals surface area contributed by atoms with Crippen molar-refractivity contribution in [2.75, 3.05) is 6.54 Å². The third-order valence-corrected chi connectivity index (χ3v) is 6.07. The van der Waals surface area contributed by atoms with Crippen LogP contribution in [0, 0.1) is 6.92 Å². The first-order valence-electron chi connectivity index (χ1n) is 11.8. The fourth-order valence-corrected chi connectivity index (χ4v) is 4.25. The lowest BCUT2D eigenvalue weighted by Crippen LogP contribution is -2.50. The van der Waals surface area contributed by atoms with Crippen LogP contribution in [0.5, 0.6) is 0 Å². The van der Waals surface area contributed by atoms with Gasteiger partial charge in [-0.3, -0.25) is 24.1 Å². The Balaban J connectivity index is 1.72. The van der Waals surface area contributed by atoms with Gasteiger partial charge in [0.1, 0.15) is 6.04 Å². The summed E-state index contributed by atoms with van der Waals surface area (Å²) in [6.45, 7) is 8.13. The van der Waals surface area contributed by atoms with Gasteiger partial charge in [0, 0.05) is 25.6 Å². The van der Waals surface area contributed by atoms with Gasteiger partial charge >= 0.3 is 0 Å². The lowest BCUT2D eigenvalue weighted by atomic mass is 10.0. The van der Waals surface area contributed by atoms with Gasteiger partial charge < -0.3 is 10.2 Å². The number of imide groups is 1.